The van der Waals surface area contributed by atoms with E-state index in [0.717, 1.165) is 21.6 Å². The maximum absolute atomic E-state index is 12.2. The van der Waals surface area contributed by atoms with Gasteiger partial charge in [-0.1, -0.05) is 0 Å². The van der Waals surface area contributed by atoms with Crippen LogP contribution < -0.4 is 4.72 Å². The van der Waals surface area contributed by atoms with Crippen molar-refractivity contribution in [3.05, 3.63) is 53.4 Å². The maximum atomic E-state index is 12.2. The van der Waals surface area contributed by atoms with Gasteiger partial charge in [0.05, 0.1) is 6.20 Å². The summed E-state index contributed by atoms with van der Waals surface area (Å²) in [6.45, 7) is 2.07. The molecule has 0 bridgehead atoms. The molecule has 0 aliphatic carbocycles. The summed E-state index contributed by atoms with van der Waals surface area (Å²) in [4.78, 5) is 5.14. The minimum atomic E-state index is -3.49. The number of nitrogens with one attached hydrogen (secondary N) is 1. The number of sulfonamides is 1. The van der Waals surface area contributed by atoms with E-state index >= 15 is 0 Å². The third kappa shape index (κ3) is 3.66. The summed E-state index contributed by atoms with van der Waals surface area (Å²) >= 11 is 1.26. The second-order valence-corrected chi connectivity index (χ2v) is 8.46. The van der Waals surface area contributed by atoms with Crippen LogP contribution in [0.1, 0.15) is 10.4 Å². The van der Waals surface area contributed by atoms with Crippen LogP contribution in [0.4, 0.5) is 0 Å². The first-order valence-electron chi connectivity index (χ1n) is 6.93. The van der Waals surface area contributed by atoms with E-state index in [-0.39, 0.29) is 6.54 Å². The molecule has 0 aromatic carbocycles. The van der Waals surface area contributed by atoms with Gasteiger partial charge in [-0.3, -0.25) is 9.67 Å². The average Bonchev–Trinajstić information content (AvgIpc) is 3.15. The van der Waals surface area contributed by atoms with Crippen LogP contribution in [-0.2, 0) is 23.6 Å². The quantitative estimate of drug-likeness (QED) is 0.768. The number of aromatic nitrogens is 3. The SMILES string of the molecule is Cc1ccc(S(=O)(=O)NCc2cncc(-c3cnn(C)c3)c2)s1. The molecule has 0 fully saturated rings. The maximum Gasteiger partial charge on any atom is 0.250 e. The zero-order valence-corrected chi connectivity index (χ0v) is 14.4. The van der Waals surface area contributed by atoms with Gasteiger partial charge in [-0.15, -0.1) is 11.3 Å². The molecule has 0 spiro atoms. The largest absolute Gasteiger partial charge is 0.275 e. The Bertz CT molecular complexity index is 928. The Morgan fingerprint density at radius 3 is 2.70 bits per heavy atom. The van der Waals surface area contributed by atoms with Crippen LogP contribution in [0, 0.1) is 6.92 Å². The third-order valence-corrected chi connectivity index (χ3v) is 6.17. The van der Waals surface area contributed by atoms with E-state index in [1.54, 1.807) is 35.4 Å². The lowest BCUT2D eigenvalue weighted by Crippen LogP contribution is -2.22. The Hall–Kier alpha value is -2.03. The van der Waals surface area contributed by atoms with Gasteiger partial charge in [0.2, 0.25) is 10.0 Å². The number of rotatable bonds is 5. The van der Waals surface area contributed by atoms with Crippen LogP contribution in [0.2, 0.25) is 0 Å². The predicted molar refractivity (Wildman–Crippen MR) is 89.5 cm³/mol. The lowest BCUT2D eigenvalue weighted by atomic mass is 10.1. The number of hydrogen-bond donors (Lipinski definition) is 1. The molecule has 0 saturated carbocycles. The minimum absolute atomic E-state index is 0.195. The van der Waals surface area contributed by atoms with Crippen LogP contribution in [-0.4, -0.2) is 23.2 Å². The van der Waals surface area contributed by atoms with Gasteiger partial charge in [0.15, 0.2) is 0 Å². The normalized spacial score (nSPS) is 11.7. The molecule has 0 atom stereocenters. The van der Waals surface area contributed by atoms with Crippen molar-refractivity contribution in [2.45, 2.75) is 17.7 Å². The standard InChI is InChI=1S/C15H16N4O2S2/c1-11-3-4-15(22-11)23(20,21)18-7-12-5-13(8-16-6-12)14-9-17-19(2)10-14/h3-6,8-10,18H,7H2,1-2H3. The smallest absolute Gasteiger partial charge is 0.250 e. The molecule has 0 radical (unpaired) electrons. The number of pyridine rings is 1. The van der Waals surface area contributed by atoms with Crippen molar-refractivity contribution < 1.29 is 8.42 Å². The predicted octanol–water partition coefficient (Wildman–Crippen LogP) is 2.33. The van der Waals surface area contributed by atoms with Crippen molar-refractivity contribution in [2.75, 3.05) is 0 Å². The highest BCUT2D eigenvalue weighted by atomic mass is 32.2. The highest BCUT2D eigenvalue weighted by Gasteiger charge is 2.15. The van der Waals surface area contributed by atoms with E-state index in [1.807, 2.05) is 26.2 Å². The van der Waals surface area contributed by atoms with Gasteiger partial charge in [-0.25, -0.2) is 13.1 Å². The molecule has 3 aromatic heterocycles. The van der Waals surface area contributed by atoms with E-state index in [1.165, 1.54) is 11.3 Å². The van der Waals surface area contributed by atoms with E-state index in [2.05, 4.69) is 14.8 Å². The molecule has 3 rings (SSSR count). The first kappa shape index (κ1) is 15.9. The van der Waals surface area contributed by atoms with Crippen LogP contribution in [0.15, 0.2) is 47.2 Å². The molecule has 23 heavy (non-hydrogen) atoms. The first-order valence-corrected chi connectivity index (χ1v) is 9.23. The van der Waals surface area contributed by atoms with E-state index in [0.29, 0.717) is 4.21 Å². The molecule has 1 N–H and O–H groups in total. The summed E-state index contributed by atoms with van der Waals surface area (Å²) in [5.41, 5.74) is 2.64. The number of nitrogens with zero attached hydrogens (tertiary/aromatic N) is 3. The average molecular weight is 348 g/mol. The molecule has 0 unspecified atom stereocenters. The molecule has 8 heteroatoms. The van der Waals surface area contributed by atoms with E-state index in [4.69, 9.17) is 0 Å². The van der Waals surface area contributed by atoms with Gasteiger partial charge in [0, 0.05) is 48.2 Å². The number of hydrogen-bond acceptors (Lipinski definition) is 5. The van der Waals surface area contributed by atoms with Gasteiger partial charge >= 0.3 is 0 Å². The Morgan fingerprint density at radius 2 is 2.04 bits per heavy atom. The van der Waals surface area contributed by atoms with Gasteiger partial charge in [-0.05, 0) is 30.7 Å². The van der Waals surface area contributed by atoms with Crippen molar-refractivity contribution >= 4 is 21.4 Å². The summed E-state index contributed by atoms with van der Waals surface area (Å²) in [7, 11) is -1.64. The van der Waals surface area contributed by atoms with Gasteiger partial charge in [-0.2, -0.15) is 5.10 Å². The zero-order chi connectivity index (χ0) is 16.4. The van der Waals surface area contributed by atoms with E-state index in [9.17, 15) is 8.42 Å². The highest BCUT2D eigenvalue weighted by Crippen LogP contribution is 2.21. The van der Waals surface area contributed by atoms with Gasteiger partial charge in [0.1, 0.15) is 4.21 Å². The van der Waals surface area contributed by atoms with Crippen LogP contribution in [0.5, 0.6) is 0 Å². The Morgan fingerprint density at radius 1 is 1.22 bits per heavy atom. The first-order chi connectivity index (χ1) is 10.9. The number of thiophene rings is 1. The number of aryl methyl sites for hydroxylation is 2. The fourth-order valence-electron chi connectivity index (χ4n) is 2.12. The van der Waals surface area contributed by atoms with Crippen molar-refractivity contribution in [3.8, 4) is 11.1 Å². The summed E-state index contributed by atoms with van der Waals surface area (Å²) in [6.07, 6.45) is 7.03. The van der Waals surface area contributed by atoms with Crippen molar-refractivity contribution in [3.63, 3.8) is 0 Å². The molecular formula is C15H16N4O2S2. The molecule has 3 heterocycles. The van der Waals surface area contributed by atoms with Crippen LogP contribution >= 0.6 is 11.3 Å². The second kappa shape index (κ2) is 6.23. The summed E-state index contributed by atoms with van der Waals surface area (Å²) in [6, 6.07) is 5.32. The molecule has 3 aromatic rings. The molecule has 0 aliphatic heterocycles. The third-order valence-electron chi connectivity index (χ3n) is 3.28. The van der Waals surface area contributed by atoms with Gasteiger partial charge < -0.3 is 0 Å². The van der Waals surface area contributed by atoms with Crippen LogP contribution in [0.25, 0.3) is 11.1 Å². The topological polar surface area (TPSA) is 76.9 Å². The van der Waals surface area contributed by atoms with Crippen LogP contribution in [0.3, 0.4) is 0 Å². The molecule has 0 saturated heterocycles. The van der Waals surface area contributed by atoms with E-state index < -0.39 is 10.0 Å². The van der Waals surface area contributed by atoms with Crippen molar-refractivity contribution in [2.24, 2.45) is 7.05 Å². The van der Waals surface area contributed by atoms with Crippen molar-refractivity contribution in [1.29, 1.82) is 0 Å². The lowest BCUT2D eigenvalue weighted by molar-refractivity contribution is 0.583. The lowest BCUT2D eigenvalue weighted by Gasteiger charge is -2.06. The minimum Gasteiger partial charge on any atom is -0.275 e. The zero-order valence-electron chi connectivity index (χ0n) is 12.7. The monoisotopic (exact) mass is 348 g/mol. The van der Waals surface area contributed by atoms with Crippen molar-refractivity contribution in [1.82, 2.24) is 19.5 Å². The Balaban J connectivity index is 1.76. The second-order valence-electron chi connectivity index (χ2n) is 5.17. The summed E-state index contributed by atoms with van der Waals surface area (Å²) in [5, 5.41) is 4.13. The fourth-order valence-corrected chi connectivity index (χ4v) is 4.46. The highest BCUT2D eigenvalue weighted by molar-refractivity contribution is 7.91. The summed E-state index contributed by atoms with van der Waals surface area (Å²) in [5.74, 6) is 0. The van der Waals surface area contributed by atoms with Gasteiger partial charge in [0.25, 0.3) is 0 Å². The molecule has 120 valence electrons. The molecular weight excluding hydrogens is 332 g/mol. The molecule has 0 aliphatic rings. The summed E-state index contributed by atoms with van der Waals surface area (Å²) < 4.78 is 29.1. The Labute approximate surface area is 138 Å². The fraction of sp³-hybridized carbons (Fsp3) is 0.200. The molecule has 6 nitrogen and oxygen atoms in total. The molecule has 0 amide bonds. The Kier molecular flexibility index (Phi) is 4.29.